The van der Waals surface area contributed by atoms with Gasteiger partial charge in [0.25, 0.3) is 0 Å². The molecular weight excluding hydrogens is 296 g/mol. The Balaban J connectivity index is 1.85. The van der Waals surface area contributed by atoms with Gasteiger partial charge < -0.3 is 4.74 Å². The molecule has 1 aliphatic carbocycles. The van der Waals surface area contributed by atoms with E-state index in [1.54, 1.807) is 6.07 Å². The molecule has 128 valence electrons. The molecule has 5 atom stereocenters. The summed E-state index contributed by atoms with van der Waals surface area (Å²) in [6.07, 6.45) is 6.11. The minimum Gasteiger partial charge on any atom is -0.435 e. The minimum absolute atomic E-state index is 0.293. The van der Waals surface area contributed by atoms with Crippen molar-refractivity contribution in [2.45, 2.75) is 70.6 Å². The molecule has 1 heterocycles. The van der Waals surface area contributed by atoms with Crippen LogP contribution >= 0.6 is 0 Å². The summed E-state index contributed by atoms with van der Waals surface area (Å²) in [5.41, 5.74) is 2.41. The molecule has 1 aliphatic heterocycles. The van der Waals surface area contributed by atoms with Crippen LogP contribution in [0.25, 0.3) is 0 Å². The highest BCUT2D eigenvalue weighted by atomic mass is 19.3. The Morgan fingerprint density at radius 3 is 2.65 bits per heavy atom. The van der Waals surface area contributed by atoms with E-state index in [4.69, 9.17) is 0 Å². The number of hydrogen-bond donors (Lipinski definition) is 0. The monoisotopic (exact) mass is 323 g/mol. The lowest BCUT2D eigenvalue weighted by Crippen LogP contribution is -2.25. The molecule has 0 radical (unpaired) electrons. The topological polar surface area (TPSA) is 12.2 Å². The second-order valence-corrected chi connectivity index (χ2v) is 7.08. The van der Waals surface area contributed by atoms with Crippen LogP contribution in [0.2, 0.25) is 0 Å². The van der Waals surface area contributed by atoms with Gasteiger partial charge in [0.1, 0.15) is 5.75 Å². The van der Waals surface area contributed by atoms with Crippen molar-refractivity contribution in [3.05, 3.63) is 29.3 Å². The van der Waals surface area contributed by atoms with E-state index in [2.05, 4.69) is 30.5 Å². The lowest BCUT2D eigenvalue weighted by molar-refractivity contribution is -0.0499. The Kier molecular flexibility index (Phi) is 4.90. The van der Waals surface area contributed by atoms with Gasteiger partial charge in [0.2, 0.25) is 0 Å². The molecule has 1 aromatic rings. The van der Waals surface area contributed by atoms with Crippen LogP contribution in [0.1, 0.15) is 56.1 Å². The summed E-state index contributed by atoms with van der Waals surface area (Å²) in [5, 5.41) is 0. The number of benzene rings is 1. The molecule has 3 rings (SSSR count). The van der Waals surface area contributed by atoms with Crippen molar-refractivity contribution in [3.8, 4) is 5.75 Å². The Morgan fingerprint density at radius 2 is 2.00 bits per heavy atom. The first kappa shape index (κ1) is 16.7. The highest BCUT2D eigenvalue weighted by Crippen LogP contribution is 2.49. The fourth-order valence-electron chi connectivity index (χ4n) is 4.70. The number of aryl methyl sites for hydroxylation is 1. The van der Waals surface area contributed by atoms with E-state index >= 15 is 0 Å². The average Bonchev–Trinajstić information content (AvgIpc) is 3.18. The number of rotatable bonds is 5. The SMILES string of the molecule is CCC1[C@@H]([C@H]2CCCCC2c2cc(OC(F)F)ccc2C)N1C. The van der Waals surface area contributed by atoms with Crippen LogP contribution in [0.4, 0.5) is 8.78 Å². The van der Waals surface area contributed by atoms with Crippen molar-refractivity contribution >= 4 is 0 Å². The van der Waals surface area contributed by atoms with Crippen LogP contribution in [0.3, 0.4) is 0 Å². The highest BCUT2D eigenvalue weighted by Gasteiger charge is 2.50. The first-order valence-electron chi connectivity index (χ1n) is 8.80. The van der Waals surface area contributed by atoms with Gasteiger partial charge in [0.05, 0.1) is 0 Å². The van der Waals surface area contributed by atoms with Gasteiger partial charge >= 0.3 is 6.61 Å². The summed E-state index contributed by atoms with van der Waals surface area (Å²) in [4.78, 5) is 2.48. The van der Waals surface area contributed by atoms with E-state index < -0.39 is 6.61 Å². The van der Waals surface area contributed by atoms with Crippen LogP contribution in [0.15, 0.2) is 18.2 Å². The number of likely N-dealkylation sites (N-methyl/N-ethyl adjacent to an activating group) is 1. The third-order valence-electron chi connectivity index (χ3n) is 5.85. The fourth-order valence-corrected chi connectivity index (χ4v) is 4.70. The molecule has 0 N–H and O–H groups in total. The zero-order chi connectivity index (χ0) is 16.6. The summed E-state index contributed by atoms with van der Waals surface area (Å²) in [5.74, 6) is 1.40. The molecule has 2 nitrogen and oxygen atoms in total. The maximum absolute atomic E-state index is 12.5. The molecule has 0 bridgehead atoms. The summed E-state index contributed by atoms with van der Waals surface area (Å²) in [7, 11) is 2.22. The lowest BCUT2D eigenvalue weighted by Gasteiger charge is -2.33. The van der Waals surface area contributed by atoms with Crippen molar-refractivity contribution in [3.63, 3.8) is 0 Å². The fraction of sp³-hybridized carbons (Fsp3) is 0.684. The van der Waals surface area contributed by atoms with Gasteiger partial charge in [0.15, 0.2) is 0 Å². The van der Waals surface area contributed by atoms with Crippen molar-refractivity contribution in [1.82, 2.24) is 4.90 Å². The number of ether oxygens (including phenoxy) is 1. The second-order valence-electron chi connectivity index (χ2n) is 7.08. The van der Waals surface area contributed by atoms with E-state index in [1.807, 2.05) is 12.1 Å². The van der Waals surface area contributed by atoms with Gasteiger partial charge in [-0.05, 0) is 68.3 Å². The Bertz CT molecular complexity index is 548. The van der Waals surface area contributed by atoms with Gasteiger partial charge in [-0.1, -0.05) is 25.8 Å². The predicted octanol–water partition coefficient (Wildman–Crippen LogP) is 4.96. The summed E-state index contributed by atoms with van der Waals surface area (Å²) < 4.78 is 29.7. The standard InChI is InChI=1S/C19H27F2NO/c1-4-17-18(22(17)3)15-8-6-5-7-14(15)16-11-13(23-19(20)21)10-9-12(16)2/h9-11,14-15,17-19H,4-8H2,1-3H3/t14?,15-,17?,18+,22?/m0/s1. The van der Waals surface area contributed by atoms with Crippen molar-refractivity contribution in [2.75, 3.05) is 7.05 Å². The average molecular weight is 323 g/mol. The molecule has 1 saturated heterocycles. The highest BCUT2D eigenvalue weighted by molar-refractivity contribution is 5.38. The summed E-state index contributed by atoms with van der Waals surface area (Å²) >= 11 is 0. The molecule has 3 unspecified atom stereocenters. The Morgan fingerprint density at radius 1 is 1.26 bits per heavy atom. The number of hydrogen-bond acceptors (Lipinski definition) is 2. The molecule has 4 heteroatoms. The number of alkyl halides is 2. The molecule has 23 heavy (non-hydrogen) atoms. The quantitative estimate of drug-likeness (QED) is 0.710. The van der Waals surface area contributed by atoms with Crippen LogP contribution in [-0.2, 0) is 0 Å². The zero-order valence-electron chi connectivity index (χ0n) is 14.3. The van der Waals surface area contributed by atoms with Gasteiger partial charge in [-0.25, -0.2) is 0 Å². The van der Waals surface area contributed by atoms with Crippen LogP contribution < -0.4 is 4.74 Å². The summed E-state index contributed by atoms with van der Waals surface area (Å²) in [6.45, 7) is 1.58. The molecule has 0 spiro atoms. The van der Waals surface area contributed by atoms with E-state index in [0.29, 0.717) is 29.7 Å². The van der Waals surface area contributed by atoms with Crippen molar-refractivity contribution in [2.24, 2.45) is 5.92 Å². The molecule has 0 aromatic heterocycles. The normalized spacial score (nSPS) is 33.7. The zero-order valence-corrected chi connectivity index (χ0v) is 14.3. The van der Waals surface area contributed by atoms with Crippen LogP contribution in [0.5, 0.6) is 5.75 Å². The molecule has 0 amide bonds. The maximum atomic E-state index is 12.5. The maximum Gasteiger partial charge on any atom is 0.387 e. The largest absolute Gasteiger partial charge is 0.435 e. The van der Waals surface area contributed by atoms with E-state index in [0.717, 1.165) is 6.42 Å². The minimum atomic E-state index is -2.76. The van der Waals surface area contributed by atoms with E-state index in [-0.39, 0.29) is 0 Å². The molecule has 1 aromatic carbocycles. The first-order valence-corrected chi connectivity index (χ1v) is 8.80. The van der Waals surface area contributed by atoms with Gasteiger partial charge in [0, 0.05) is 12.1 Å². The smallest absolute Gasteiger partial charge is 0.387 e. The van der Waals surface area contributed by atoms with Gasteiger partial charge in [-0.2, -0.15) is 8.78 Å². The molecule has 2 fully saturated rings. The number of nitrogens with zero attached hydrogens (tertiary/aromatic N) is 1. The second kappa shape index (κ2) is 6.76. The molecular formula is C19H27F2NO. The van der Waals surface area contributed by atoms with Gasteiger partial charge in [-0.3, -0.25) is 4.90 Å². The van der Waals surface area contributed by atoms with E-state index in [9.17, 15) is 8.78 Å². The van der Waals surface area contributed by atoms with Gasteiger partial charge in [-0.15, -0.1) is 0 Å². The van der Waals surface area contributed by atoms with E-state index in [1.165, 1.54) is 36.8 Å². The number of halogens is 2. The summed E-state index contributed by atoms with van der Waals surface area (Å²) in [6, 6.07) is 6.78. The lowest BCUT2D eigenvalue weighted by atomic mass is 9.72. The predicted molar refractivity (Wildman–Crippen MR) is 88.1 cm³/mol. The Labute approximate surface area is 137 Å². The van der Waals surface area contributed by atoms with Crippen molar-refractivity contribution < 1.29 is 13.5 Å². The van der Waals surface area contributed by atoms with Crippen LogP contribution in [0, 0.1) is 12.8 Å². The van der Waals surface area contributed by atoms with Crippen LogP contribution in [-0.4, -0.2) is 30.6 Å². The Hall–Kier alpha value is -1.16. The van der Waals surface area contributed by atoms with Crippen molar-refractivity contribution in [1.29, 1.82) is 0 Å². The molecule has 2 aliphatic rings. The third kappa shape index (κ3) is 3.37. The first-order chi connectivity index (χ1) is 11.0. The third-order valence-corrected chi connectivity index (χ3v) is 5.85. The molecule has 1 saturated carbocycles.